The third-order valence-corrected chi connectivity index (χ3v) is 4.36. The summed E-state index contributed by atoms with van der Waals surface area (Å²) >= 11 is 0. The second-order valence-corrected chi connectivity index (χ2v) is 6.67. The predicted molar refractivity (Wildman–Crippen MR) is 104 cm³/mol. The third kappa shape index (κ3) is 7.42. The Hall–Kier alpha value is -1.63. The largest absolute Gasteiger partial charge is 0.379 e. The van der Waals surface area contributed by atoms with Gasteiger partial charge in [0.2, 0.25) is 0 Å². The summed E-state index contributed by atoms with van der Waals surface area (Å²) in [5.74, 6) is 0.861. The highest BCUT2D eigenvalue weighted by Crippen LogP contribution is 2.12. The molecular formula is C19H33N5O. The Morgan fingerprint density at radius 2 is 1.88 bits per heavy atom. The van der Waals surface area contributed by atoms with Crippen LogP contribution < -0.4 is 10.6 Å². The second kappa shape index (κ2) is 11.1. The van der Waals surface area contributed by atoms with Gasteiger partial charge in [0.05, 0.1) is 13.2 Å². The van der Waals surface area contributed by atoms with E-state index < -0.39 is 0 Å². The monoisotopic (exact) mass is 347 g/mol. The van der Waals surface area contributed by atoms with Gasteiger partial charge in [0, 0.05) is 39.8 Å². The molecule has 0 radical (unpaired) electrons. The highest BCUT2D eigenvalue weighted by Gasteiger charge is 2.12. The van der Waals surface area contributed by atoms with Crippen molar-refractivity contribution >= 4 is 5.96 Å². The van der Waals surface area contributed by atoms with E-state index in [0.717, 1.165) is 64.9 Å². The smallest absolute Gasteiger partial charge is 0.191 e. The number of hydrogen-bond acceptors (Lipinski definition) is 4. The van der Waals surface area contributed by atoms with Crippen LogP contribution in [0.25, 0.3) is 0 Å². The van der Waals surface area contributed by atoms with Crippen molar-refractivity contribution in [2.24, 2.45) is 4.99 Å². The van der Waals surface area contributed by atoms with E-state index in [1.54, 1.807) is 0 Å². The molecule has 140 valence electrons. The normalized spacial score (nSPS) is 16.2. The first-order valence-electron chi connectivity index (χ1n) is 9.15. The van der Waals surface area contributed by atoms with Crippen LogP contribution in [0.2, 0.25) is 0 Å². The number of ether oxygens (including phenoxy) is 1. The number of benzene rings is 1. The van der Waals surface area contributed by atoms with Crippen molar-refractivity contribution in [1.82, 2.24) is 20.4 Å². The lowest BCUT2D eigenvalue weighted by Gasteiger charge is -2.27. The maximum Gasteiger partial charge on any atom is 0.191 e. The quantitative estimate of drug-likeness (QED) is 0.420. The summed E-state index contributed by atoms with van der Waals surface area (Å²) in [7, 11) is 6.01. The Balaban J connectivity index is 1.82. The Morgan fingerprint density at radius 1 is 1.16 bits per heavy atom. The molecule has 0 amide bonds. The number of morpholine rings is 1. The van der Waals surface area contributed by atoms with Crippen molar-refractivity contribution in [1.29, 1.82) is 0 Å². The molecule has 0 aromatic heterocycles. The topological polar surface area (TPSA) is 52.1 Å². The summed E-state index contributed by atoms with van der Waals surface area (Å²) in [6.07, 6.45) is 1.10. The Morgan fingerprint density at radius 3 is 2.56 bits per heavy atom. The molecule has 0 bridgehead atoms. The summed E-state index contributed by atoms with van der Waals surface area (Å²) in [6, 6.07) is 8.64. The average molecular weight is 348 g/mol. The molecule has 1 saturated heterocycles. The molecule has 0 atom stereocenters. The van der Waals surface area contributed by atoms with Gasteiger partial charge < -0.3 is 20.3 Å². The van der Waals surface area contributed by atoms with E-state index >= 15 is 0 Å². The van der Waals surface area contributed by atoms with Crippen molar-refractivity contribution in [3.63, 3.8) is 0 Å². The molecule has 0 saturated carbocycles. The lowest BCUT2D eigenvalue weighted by atomic mass is 10.1. The summed E-state index contributed by atoms with van der Waals surface area (Å²) in [4.78, 5) is 8.97. The molecule has 1 aromatic carbocycles. The Bertz CT molecular complexity index is 526. The minimum Gasteiger partial charge on any atom is -0.379 e. The van der Waals surface area contributed by atoms with E-state index in [0.29, 0.717) is 0 Å². The number of aliphatic imine (C=N–C) groups is 1. The van der Waals surface area contributed by atoms with Gasteiger partial charge in [-0.25, -0.2) is 0 Å². The van der Waals surface area contributed by atoms with Gasteiger partial charge in [0.15, 0.2) is 5.96 Å². The summed E-state index contributed by atoms with van der Waals surface area (Å²) in [6.45, 7) is 7.46. The standard InChI is InChI=1S/C19H33N5O/c1-20-19(21-9-6-10-23(2)3)22-15-17-7-4-5-8-18(17)16-24-11-13-25-14-12-24/h4-5,7-8H,6,9-16H2,1-3H3,(H2,20,21,22). The molecule has 1 aliphatic rings. The second-order valence-electron chi connectivity index (χ2n) is 6.67. The van der Waals surface area contributed by atoms with Crippen LogP contribution >= 0.6 is 0 Å². The molecule has 6 heteroatoms. The molecule has 1 heterocycles. The molecule has 1 aromatic rings. The summed E-state index contributed by atoms with van der Waals surface area (Å²) < 4.78 is 5.44. The van der Waals surface area contributed by atoms with Gasteiger partial charge >= 0.3 is 0 Å². The number of rotatable bonds is 8. The fraction of sp³-hybridized carbons (Fsp3) is 0.632. The fourth-order valence-electron chi connectivity index (χ4n) is 2.89. The SMILES string of the molecule is CN=C(NCCCN(C)C)NCc1ccccc1CN1CCOCC1. The predicted octanol–water partition coefficient (Wildman–Crippen LogP) is 1.14. The van der Waals surface area contributed by atoms with Gasteiger partial charge in [-0.05, 0) is 38.2 Å². The van der Waals surface area contributed by atoms with Crippen molar-refractivity contribution in [2.75, 3.05) is 60.5 Å². The molecule has 2 N–H and O–H groups in total. The van der Waals surface area contributed by atoms with Crippen LogP contribution in [0, 0.1) is 0 Å². The zero-order valence-electron chi connectivity index (χ0n) is 15.9. The van der Waals surface area contributed by atoms with Gasteiger partial charge in [0.1, 0.15) is 0 Å². The van der Waals surface area contributed by atoms with Crippen LogP contribution in [0.4, 0.5) is 0 Å². The maximum atomic E-state index is 5.44. The maximum absolute atomic E-state index is 5.44. The first kappa shape index (κ1) is 19.7. The van der Waals surface area contributed by atoms with Crippen LogP contribution in [-0.4, -0.2) is 76.3 Å². The van der Waals surface area contributed by atoms with Crippen molar-refractivity contribution < 1.29 is 4.74 Å². The molecule has 25 heavy (non-hydrogen) atoms. The summed E-state index contributed by atoms with van der Waals surface area (Å²) in [5.41, 5.74) is 2.70. The van der Waals surface area contributed by atoms with Crippen LogP contribution in [-0.2, 0) is 17.8 Å². The van der Waals surface area contributed by atoms with Crippen molar-refractivity contribution in [2.45, 2.75) is 19.5 Å². The average Bonchev–Trinajstić information content (AvgIpc) is 2.63. The van der Waals surface area contributed by atoms with Gasteiger partial charge in [0.25, 0.3) is 0 Å². The molecule has 0 unspecified atom stereocenters. The molecule has 1 fully saturated rings. The van der Waals surface area contributed by atoms with Crippen molar-refractivity contribution in [3.8, 4) is 0 Å². The lowest BCUT2D eigenvalue weighted by Crippen LogP contribution is -2.38. The molecule has 0 spiro atoms. The van der Waals surface area contributed by atoms with Crippen LogP contribution in [0.1, 0.15) is 17.5 Å². The minimum absolute atomic E-state index is 0.786. The number of nitrogens with zero attached hydrogens (tertiary/aromatic N) is 3. The minimum atomic E-state index is 0.786. The van der Waals surface area contributed by atoms with Gasteiger partial charge in [-0.15, -0.1) is 0 Å². The molecular weight excluding hydrogens is 314 g/mol. The van der Waals surface area contributed by atoms with Crippen LogP contribution in [0.15, 0.2) is 29.3 Å². The Kier molecular flexibility index (Phi) is 8.72. The zero-order valence-corrected chi connectivity index (χ0v) is 15.9. The van der Waals surface area contributed by atoms with Crippen molar-refractivity contribution in [3.05, 3.63) is 35.4 Å². The number of hydrogen-bond donors (Lipinski definition) is 2. The number of nitrogens with one attached hydrogen (secondary N) is 2. The highest BCUT2D eigenvalue weighted by atomic mass is 16.5. The lowest BCUT2D eigenvalue weighted by molar-refractivity contribution is 0.0341. The third-order valence-electron chi connectivity index (χ3n) is 4.36. The van der Waals surface area contributed by atoms with Crippen LogP contribution in [0.3, 0.4) is 0 Å². The van der Waals surface area contributed by atoms with E-state index in [1.165, 1.54) is 11.1 Å². The van der Waals surface area contributed by atoms with E-state index in [1.807, 2.05) is 7.05 Å². The Labute approximate surface area is 152 Å². The molecule has 0 aliphatic carbocycles. The zero-order chi connectivity index (χ0) is 17.9. The van der Waals surface area contributed by atoms with E-state index in [4.69, 9.17) is 4.74 Å². The number of guanidine groups is 1. The van der Waals surface area contributed by atoms with E-state index in [9.17, 15) is 0 Å². The van der Waals surface area contributed by atoms with Gasteiger partial charge in [-0.1, -0.05) is 24.3 Å². The first-order chi connectivity index (χ1) is 12.2. The van der Waals surface area contributed by atoms with Gasteiger partial charge in [-0.3, -0.25) is 9.89 Å². The van der Waals surface area contributed by atoms with E-state index in [-0.39, 0.29) is 0 Å². The molecule has 2 rings (SSSR count). The van der Waals surface area contributed by atoms with Gasteiger partial charge in [-0.2, -0.15) is 0 Å². The fourth-order valence-corrected chi connectivity index (χ4v) is 2.89. The first-order valence-corrected chi connectivity index (χ1v) is 9.15. The van der Waals surface area contributed by atoms with Crippen LogP contribution in [0.5, 0.6) is 0 Å². The molecule has 1 aliphatic heterocycles. The molecule has 6 nitrogen and oxygen atoms in total. The highest BCUT2D eigenvalue weighted by molar-refractivity contribution is 5.79. The van der Waals surface area contributed by atoms with E-state index in [2.05, 4.69) is 63.8 Å². The summed E-state index contributed by atoms with van der Waals surface area (Å²) in [5, 5.41) is 6.81.